The topological polar surface area (TPSA) is 29.3 Å². The molecule has 0 saturated carbocycles. The summed E-state index contributed by atoms with van der Waals surface area (Å²) in [6.45, 7) is 0.677. The molecular formula is C46H34N2. The van der Waals surface area contributed by atoms with Gasteiger partial charge in [0.1, 0.15) is 0 Å². The third kappa shape index (κ3) is 4.34. The van der Waals surface area contributed by atoms with Gasteiger partial charge in [-0.05, 0) is 90.8 Å². The van der Waals surface area contributed by atoms with E-state index >= 15 is 0 Å². The average molecular weight is 615 g/mol. The highest BCUT2D eigenvalue weighted by Gasteiger charge is 2.46. The highest BCUT2D eigenvalue weighted by atomic mass is 15.1. The minimum atomic E-state index is -0.494. The normalized spacial score (nSPS) is 14.9. The molecule has 8 aromatic rings. The number of hydrogen-bond acceptors (Lipinski definition) is 2. The summed E-state index contributed by atoms with van der Waals surface area (Å²) in [6, 6.07) is 66.1. The zero-order valence-electron chi connectivity index (χ0n) is 26.6. The van der Waals surface area contributed by atoms with Crippen LogP contribution < -0.4 is 10.6 Å². The molecule has 0 amide bonds. The van der Waals surface area contributed by atoms with Gasteiger partial charge in [-0.2, -0.15) is 0 Å². The van der Waals surface area contributed by atoms with E-state index in [1.807, 2.05) is 12.1 Å². The Bertz CT molecular complexity index is 2450. The standard InChI is InChI=1S/C46H34N2/c47-44-21-11-12-22-45(44)48(37-16-5-2-6-17-37)31-32-23-27-41-40-19-9-10-20-42(40)46(43(41)29-32,35-14-3-1-4-15-35)36-26-28-39-34(30-36)25-24-33-13-7-8-18-38(33)39/h1-30H,31,47H2. The number of fused-ring (bicyclic) bond motifs is 6. The summed E-state index contributed by atoms with van der Waals surface area (Å²) in [5.74, 6) is 0. The Morgan fingerprint density at radius 2 is 1.12 bits per heavy atom. The molecule has 228 valence electrons. The third-order valence-electron chi connectivity index (χ3n) is 10.1. The summed E-state index contributed by atoms with van der Waals surface area (Å²) in [5, 5.41) is 5.07. The van der Waals surface area contributed by atoms with Gasteiger partial charge in [-0.3, -0.25) is 0 Å². The van der Waals surface area contributed by atoms with E-state index in [-0.39, 0.29) is 0 Å². The van der Waals surface area contributed by atoms with Gasteiger partial charge in [-0.1, -0.05) is 152 Å². The van der Waals surface area contributed by atoms with Gasteiger partial charge in [0.2, 0.25) is 0 Å². The molecule has 0 radical (unpaired) electrons. The van der Waals surface area contributed by atoms with Crippen molar-refractivity contribution < 1.29 is 0 Å². The van der Waals surface area contributed by atoms with E-state index in [0.29, 0.717) is 6.54 Å². The summed E-state index contributed by atoms with van der Waals surface area (Å²) in [4.78, 5) is 2.32. The number of anilines is 3. The monoisotopic (exact) mass is 614 g/mol. The SMILES string of the molecule is Nc1ccccc1N(Cc1ccc2c(c1)C(c1ccccc1)(c1ccc3c(ccc4ccccc43)c1)c1ccccc1-2)c1ccccc1. The third-order valence-corrected chi connectivity index (χ3v) is 10.1. The minimum Gasteiger partial charge on any atom is -0.397 e. The molecule has 0 aromatic heterocycles. The Kier molecular flexibility index (Phi) is 6.62. The van der Waals surface area contributed by atoms with Crippen molar-refractivity contribution in [1.29, 1.82) is 0 Å². The van der Waals surface area contributed by atoms with Crippen LogP contribution in [0.5, 0.6) is 0 Å². The van der Waals surface area contributed by atoms with Crippen molar-refractivity contribution in [2.24, 2.45) is 0 Å². The van der Waals surface area contributed by atoms with E-state index in [0.717, 1.165) is 17.1 Å². The lowest BCUT2D eigenvalue weighted by atomic mass is 9.67. The molecule has 48 heavy (non-hydrogen) atoms. The maximum absolute atomic E-state index is 6.59. The zero-order valence-corrected chi connectivity index (χ0v) is 26.6. The molecule has 0 aliphatic heterocycles. The lowest BCUT2D eigenvalue weighted by molar-refractivity contribution is 0.767. The van der Waals surface area contributed by atoms with Crippen LogP contribution in [0.15, 0.2) is 182 Å². The molecule has 1 atom stereocenters. The molecule has 2 nitrogen and oxygen atoms in total. The number of hydrogen-bond donors (Lipinski definition) is 1. The molecule has 1 unspecified atom stereocenters. The van der Waals surface area contributed by atoms with E-state index in [4.69, 9.17) is 5.73 Å². The van der Waals surface area contributed by atoms with E-state index in [2.05, 4.69) is 175 Å². The van der Waals surface area contributed by atoms with Crippen LogP contribution in [0.25, 0.3) is 32.7 Å². The number of rotatable bonds is 6. The molecule has 0 spiro atoms. The number of para-hydroxylation sites is 3. The second-order valence-corrected chi connectivity index (χ2v) is 12.7. The second kappa shape index (κ2) is 11.3. The van der Waals surface area contributed by atoms with Gasteiger partial charge >= 0.3 is 0 Å². The van der Waals surface area contributed by atoms with Crippen molar-refractivity contribution in [2.75, 3.05) is 10.6 Å². The molecule has 0 saturated heterocycles. The first-order valence-electron chi connectivity index (χ1n) is 16.6. The second-order valence-electron chi connectivity index (χ2n) is 12.7. The number of nitrogen functional groups attached to an aromatic ring is 1. The maximum atomic E-state index is 6.59. The fraction of sp³-hybridized carbons (Fsp3) is 0.0435. The lowest BCUT2D eigenvalue weighted by Crippen LogP contribution is -2.29. The fourth-order valence-electron chi connectivity index (χ4n) is 7.99. The van der Waals surface area contributed by atoms with E-state index in [1.165, 1.54) is 60.5 Å². The van der Waals surface area contributed by atoms with Gasteiger partial charge in [-0.15, -0.1) is 0 Å². The van der Waals surface area contributed by atoms with Crippen LogP contribution in [0.1, 0.15) is 27.8 Å². The number of nitrogens with two attached hydrogens (primary N) is 1. The quantitative estimate of drug-likeness (QED) is 0.149. The van der Waals surface area contributed by atoms with Crippen LogP contribution in [0.3, 0.4) is 0 Å². The van der Waals surface area contributed by atoms with Crippen LogP contribution in [-0.2, 0) is 12.0 Å². The first-order valence-corrected chi connectivity index (χ1v) is 16.6. The van der Waals surface area contributed by atoms with E-state index in [9.17, 15) is 0 Å². The van der Waals surface area contributed by atoms with Gasteiger partial charge in [0.05, 0.1) is 16.8 Å². The predicted octanol–water partition coefficient (Wildman–Crippen LogP) is 11.3. The van der Waals surface area contributed by atoms with Crippen molar-refractivity contribution in [3.05, 3.63) is 210 Å². The van der Waals surface area contributed by atoms with Crippen molar-refractivity contribution in [2.45, 2.75) is 12.0 Å². The Hall–Kier alpha value is -6.12. The van der Waals surface area contributed by atoms with Crippen molar-refractivity contribution in [1.82, 2.24) is 0 Å². The largest absolute Gasteiger partial charge is 0.397 e. The number of benzene rings is 8. The summed E-state index contributed by atoms with van der Waals surface area (Å²) in [7, 11) is 0. The maximum Gasteiger partial charge on any atom is 0.0713 e. The summed E-state index contributed by atoms with van der Waals surface area (Å²) in [6.07, 6.45) is 0. The Morgan fingerprint density at radius 3 is 1.98 bits per heavy atom. The first kappa shape index (κ1) is 28.1. The molecule has 0 fully saturated rings. The summed E-state index contributed by atoms with van der Waals surface area (Å²) < 4.78 is 0. The molecule has 2 N–H and O–H groups in total. The Labute approximate surface area is 281 Å². The van der Waals surface area contributed by atoms with Gasteiger partial charge in [-0.25, -0.2) is 0 Å². The molecule has 9 rings (SSSR count). The van der Waals surface area contributed by atoms with Crippen LogP contribution in [-0.4, -0.2) is 0 Å². The molecule has 8 aromatic carbocycles. The highest BCUT2D eigenvalue weighted by Crippen LogP contribution is 2.56. The smallest absolute Gasteiger partial charge is 0.0713 e. The van der Waals surface area contributed by atoms with Crippen molar-refractivity contribution in [3.63, 3.8) is 0 Å². The van der Waals surface area contributed by atoms with Gasteiger partial charge in [0.25, 0.3) is 0 Å². The summed E-state index contributed by atoms with van der Waals surface area (Å²) >= 11 is 0. The zero-order chi connectivity index (χ0) is 32.1. The van der Waals surface area contributed by atoms with Crippen LogP contribution >= 0.6 is 0 Å². The molecular weight excluding hydrogens is 581 g/mol. The van der Waals surface area contributed by atoms with Crippen LogP contribution in [0, 0.1) is 0 Å². The molecule has 0 heterocycles. The minimum absolute atomic E-state index is 0.494. The molecule has 1 aliphatic carbocycles. The average Bonchev–Trinajstić information content (AvgIpc) is 3.45. The van der Waals surface area contributed by atoms with E-state index < -0.39 is 5.41 Å². The van der Waals surface area contributed by atoms with Gasteiger partial charge in [0, 0.05) is 12.2 Å². The Balaban J connectivity index is 1.28. The molecule has 1 aliphatic rings. The molecule has 0 bridgehead atoms. The fourth-order valence-corrected chi connectivity index (χ4v) is 7.99. The van der Waals surface area contributed by atoms with Crippen molar-refractivity contribution in [3.8, 4) is 11.1 Å². The Morgan fingerprint density at radius 1 is 0.458 bits per heavy atom. The lowest BCUT2D eigenvalue weighted by Gasteiger charge is -2.34. The van der Waals surface area contributed by atoms with Crippen LogP contribution in [0.4, 0.5) is 17.1 Å². The van der Waals surface area contributed by atoms with Gasteiger partial charge in [0.15, 0.2) is 0 Å². The summed E-state index contributed by atoms with van der Waals surface area (Å²) in [5.41, 5.74) is 17.9. The van der Waals surface area contributed by atoms with E-state index in [1.54, 1.807) is 0 Å². The van der Waals surface area contributed by atoms with Crippen LogP contribution in [0.2, 0.25) is 0 Å². The van der Waals surface area contributed by atoms with Gasteiger partial charge < -0.3 is 10.6 Å². The number of nitrogens with zero attached hydrogens (tertiary/aromatic N) is 1. The first-order chi connectivity index (χ1) is 23.7. The van der Waals surface area contributed by atoms with Crippen molar-refractivity contribution >= 4 is 38.6 Å². The highest BCUT2D eigenvalue weighted by molar-refractivity contribution is 6.08. The predicted molar refractivity (Wildman–Crippen MR) is 202 cm³/mol. The molecule has 2 heteroatoms.